The van der Waals surface area contributed by atoms with Gasteiger partial charge in [-0.25, -0.2) is 0 Å². The van der Waals surface area contributed by atoms with Gasteiger partial charge in [0.1, 0.15) is 12.7 Å². The Morgan fingerprint density at radius 2 is 1.29 bits per heavy atom. The average molecular weight is 441 g/mol. The predicted molar refractivity (Wildman–Crippen MR) is 99.9 cm³/mol. The van der Waals surface area contributed by atoms with Crippen LogP contribution < -0.4 is 5.32 Å². The second kappa shape index (κ2) is 9.63. The minimum absolute atomic E-state index is 0.167. The van der Waals surface area contributed by atoms with Gasteiger partial charge in [-0.3, -0.25) is 24.0 Å². The van der Waals surface area contributed by atoms with Crippen molar-refractivity contribution in [1.82, 2.24) is 5.32 Å². The molecule has 1 amide bonds. The van der Waals surface area contributed by atoms with Crippen LogP contribution in [0.25, 0.3) is 0 Å². The molecule has 5 atom stereocenters. The first-order valence-electron chi connectivity index (χ1n) is 10.3. The lowest BCUT2D eigenvalue weighted by molar-refractivity contribution is -0.257. The van der Waals surface area contributed by atoms with Crippen LogP contribution in [0.15, 0.2) is 0 Å². The van der Waals surface area contributed by atoms with Crippen LogP contribution in [-0.2, 0) is 47.7 Å². The number of esters is 4. The molecule has 0 aromatic heterocycles. The fourth-order valence-corrected chi connectivity index (χ4v) is 3.35. The maximum Gasteiger partial charge on any atom is 0.309 e. The van der Waals surface area contributed by atoms with E-state index in [0.29, 0.717) is 0 Å². The Hall–Kier alpha value is -2.69. The van der Waals surface area contributed by atoms with E-state index in [2.05, 4.69) is 5.32 Å². The number of carbonyl (C=O) groups is 5. The molecule has 2 saturated carbocycles. The van der Waals surface area contributed by atoms with Gasteiger partial charge in [0, 0.05) is 26.7 Å². The van der Waals surface area contributed by atoms with Crippen LogP contribution in [-0.4, -0.2) is 67.0 Å². The van der Waals surface area contributed by atoms with Gasteiger partial charge in [-0.15, -0.1) is 0 Å². The molecule has 3 fully saturated rings. The van der Waals surface area contributed by atoms with Gasteiger partial charge < -0.3 is 29.0 Å². The van der Waals surface area contributed by atoms with Crippen LogP contribution in [0.3, 0.4) is 0 Å². The van der Waals surface area contributed by atoms with E-state index in [9.17, 15) is 24.0 Å². The lowest BCUT2D eigenvalue weighted by Gasteiger charge is -2.44. The summed E-state index contributed by atoms with van der Waals surface area (Å²) in [7, 11) is 0. The van der Waals surface area contributed by atoms with Crippen molar-refractivity contribution in [2.45, 2.75) is 77.1 Å². The van der Waals surface area contributed by atoms with Gasteiger partial charge in [0.25, 0.3) is 0 Å². The van der Waals surface area contributed by atoms with Gasteiger partial charge in [0.2, 0.25) is 5.91 Å². The monoisotopic (exact) mass is 441 g/mol. The molecule has 0 aromatic carbocycles. The molecule has 2 unspecified atom stereocenters. The molecule has 0 bridgehead atoms. The Morgan fingerprint density at radius 3 is 1.81 bits per heavy atom. The molecule has 11 nitrogen and oxygen atoms in total. The van der Waals surface area contributed by atoms with Crippen molar-refractivity contribution in [2.75, 3.05) is 6.61 Å². The highest BCUT2D eigenvalue weighted by Gasteiger charge is 2.53. The summed E-state index contributed by atoms with van der Waals surface area (Å²) in [6.07, 6.45) is -3.12. The number of carbonyl (C=O) groups excluding carboxylic acids is 5. The summed E-state index contributed by atoms with van der Waals surface area (Å²) >= 11 is 0. The molecule has 0 radical (unpaired) electrons. The first kappa shape index (κ1) is 23.0. The van der Waals surface area contributed by atoms with E-state index >= 15 is 0 Å². The van der Waals surface area contributed by atoms with Crippen LogP contribution in [0.5, 0.6) is 0 Å². The first-order chi connectivity index (χ1) is 14.7. The topological polar surface area (TPSA) is 144 Å². The van der Waals surface area contributed by atoms with E-state index in [4.69, 9.17) is 23.7 Å². The molecule has 1 saturated heterocycles. The lowest BCUT2D eigenvalue weighted by Crippen LogP contribution is -2.66. The van der Waals surface area contributed by atoms with Gasteiger partial charge in [-0.05, 0) is 25.7 Å². The Labute approximate surface area is 179 Å². The van der Waals surface area contributed by atoms with Crippen molar-refractivity contribution in [3.05, 3.63) is 0 Å². The van der Waals surface area contributed by atoms with Crippen molar-refractivity contribution < 1.29 is 47.7 Å². The molecule has 1 aliphatic heterocycles. The van der Waals surface area contributed by atoms with Gasteiger partial charge in [-0.1, -0.05) is 0 Å². The van der Waals surface area contributed by atoms with Crippen LogP contribution in [0.1, 0.15) is 46.5 Å². The first-order valence-corrected chi connectivity index (χ1v) is 10.3. The van der Waals surface area contributed by atoms with Crippen molar-refractivity contribution in [2.24, 2.45) is 11.8 Å². The zero-order valence-corrected chi connectivity index (χ0v) is 17.7. The Kier molecular flexibility index (Phi) is 7.14. The molecule has 0 spiro atoms. The number of amides is 1. The lowest BCUT2D eigenvalue weighted by atomic mass is 9.97. The number of rotatable bonds is 8. The molecular formula is C20H27NO10. The minimum Gasteiger partial charge on any atom is -0.463 e. The summed E-state index contributed by atoms with van der Waals surface area (Å²) in [6.45, 7) is 3.15. The predicted octanol–water partition coefficient (Wildman–Crippen LogP) is -0.0142. The molecular weight excluding hydrogens is 414 g/mol. The fourth-order valence-electron chi connectivity index (χ4n) is 3.35. The second-order valence-electron chi connectivity index (χ2n) is 8.00. The number of ether oxygens (including phenoxy) is 5. The Balaban J connectivity index is 1.85. The highest BCUT2D eigenvalue weighted by Crippen LogP contribution is 2.33. The molecule has 172 valence electrons. The Bertz CT molecular complexity index is 744. The maximum atomic E-state index is 12.4. The fraction of sp³-hybridized carbons (Fsp3) is 0.750. The average Bonchev–Trinajstić information content (AvgIpc) is 3.54. The molecule has 0 aromatic rings. The third-order valence-corrected chi connectivity index (χ3v) is 5.07. The summed E-state index contributed by atoms with van der Waals surface area (Å²) in [4.78, 5) is 59.6. The molecule has 3 rings (SSSR count). The SMILES string of the molecule is CC(=O)OC1[C@H](NC(=O)C2CC2)OC(COC(=O)C2CC2)[C@H](OC(C)=O)[C@@H]1OC(C)=O. The molecule has 2 aliphatic carbocycles. The summed E-state index contributed by atoms with van der Waals surface area (Å²) < 4.78 is 27.1. The standard InChI is InChI=1S/C20H27NO10/c1-9(22)28-15-14(8-27-20(26)13-6-7-13)31-19(21-18(25)12-4-5-12)17(30-11(3)24)16(15)29-10(2)23/h12-17,19H,4-8H2,1-3H3,(H,21,25)/t14?,15-,16-,17?,19+/m0/s1. The van der Waals surface area contributed by atoms with Gasteiger partial charge in [0.05, 0.1) is 5.92 Å². The minimum atomic E-state index is -1.28. The number of hydrogen-bond acceptors (Lipinski definition) is 10. The molecule has 1 N–H and O–H groups in total. The zero-order chi connectivity index (χ0) is 22.7. The highest BCUT2D eigenvalue weighted by molar-refractivity contribution is 5.81. The number of nitrogens with one attached hydrogen (secondary N) is 1. The summed E-state index contributed by atoms with van der Waals surface area (Å²) in [5.74, 6) is -3.19. The Morgan fingerprint density at radius 1 is 0.774 bits per heavy atom. The van der Waals surface area contributed by atoms with Crippen molar-refractivity contribution in [1.29, 1.82) is 0 Å². The maximum absolute atomic E-state index is 12.4. The van der Waals surface area contributed by atoms with Crippen LogP contribution in [0.4, 0.5) is 0 Å². The van der Waals surface area contributed by atoms with E-state index in [-0.39, 0.29) is 24.3 Å². The van der Waals surface area contributed by atoms with Crippen LogP contribution in [0.2, 0.25) is 0 Å². The molecule has 31 heavy (non-hydrogen) atoms. The van der Waals surface area contributed by atoms with Crippen LogP contribution >= 0.6 is 0 Å². The van der Waals surface area contributed by atoms with E-state index in [1.807, 2.05) is 0 Å². The molecule has 11 heteroatoms. The largest absolute Gasteiger partial charge is 0.463 e. The smallest absolute Gasteiger partial charge is 0.309 e. The van der Waals surface area contributed by atoms with Crippen molar-refractivity contribution in [3.63, 3.8) is 0 Å². The third kappa shape index (κ3) is 6.39. The summed E-state index contributed by atoms with van der Waals surface area (Å²) in [5.41, 5.74) is 0. The van der Waals surface area contributed by atoms with Gasteiger partial charge in [-0.2, -0.15) is 0 Å². The second-order valence-corrected chi connectivity index (χ2v) is 8.00. The summed E-state index contributed by atoms with van der Waals surface area (Å²) in [5, 5.41) is 2.66. The van der Waals surface area contributed by atoms with E-state index in [1.165, 1.54) is 0 Å². The van der Waals surface area contributed by atoms with E-state index in [1.54, 1.807) is 0 Å². The zero-order valence-electron chi connectivity index (χ0n) is 17.7. The van der Waals surface area contributed by atoms with Crippen molar-refractivity contribution in [3.8, 4) is 0 Å². The quantitative estimate of drug-likeness (QED) is 0.403. The third-order valence-electron chi connectivity index (χ3n) is 5.07. The molecule has 1 heterocycles. The number of hydrogen-bond donors (Lipinski definition) is 1. The van der Waals surface area contributed by atoms with E-state index < -0.39 is 54.5 Å². The van der Waals surface area contributed by atoms with Gasteiger partial charge >= 0.3 is 23.9 Å². The summed E-state index contributed by atoms with van der Waals surface area (Å²) in [6, 6.07) is 0. The van der Waals surface area contributed by atoms with E-state index in [0.717, 1.165) is 46.5 Å². The van der Waals surface area contributed by atoms with Gasteiger partial charge in [0.15, 0.2) is 24.5 Å². The van der Waals surface area contributed by atoms with Crippen LogP contribution in [0, 0.1) is 11.8 Å². The van der Waals surface area contributed by atoms with Crippen molar-refractivity contribution >= 4 is 29.8 Å². The molecule has 3 aliphatic rings. The highest BCUT2D eigenvalue weighted by atomic mass is 16.7. The normalized spacial score (nSPS) is 30.0.